The second-order valence-electron chi connectivity index (χ2n) is 5.86. The largest absolute Gasteiger partial charge is 0.372 e. The van der Waals surface area contributed by atoms with E-state index in [1.165, 1.54) is 36.7 Å². The first-order valence-corrected chi connectivity index (χ1v) is 8.09. The highest BCUT2D eigenvalue weighted by atomic mass is 19.1. The maximum Gasteiger partial charge on any atom is 0.255 e. The van der Waals surface area contributed by atoms with Crippen molar-refractivity contribution in [2.24, 2.45) is 0 Å². The summed E-state index contributed by atoms with van der Waals surface area (Å²) in [6, 6.07) is 6.62. The lowest BCUT2D eigenvalue weighted by Gasteiger charge is -2.32. The van der Waals surface area contributed by atoms with Crippen LogP contribution in [-0.4, -0.2) is 47.9 Å². The van der Waals surface area contributed by atoms with Crippen LogP contribution < -0.4 is 15.8 Å². The van der Waals surface area contributed by atoms with Gasteiger partial charge >= 0.3 is 0 Å². The lowest BCUT2D eigenvalue weighted by Crippen LogP contribution is -2.44. The van der Waals surface area contributed by atoms with Crippen LogP contribution in [0.3, 0.4) is 0 Å². The maximum atomic E-state index is 12.9. The first kappa shape index (κ1) is 18.0. The van der Waals surface area contributed by atoms with Crippen molar-refractivity contribution in [3.05, 3.63) is 52.8 Å². The van der Waals surface area contributed by atoms with Crippen molar-refractivity contribution < 1.29 is 18.3 Å². The molecule has 0 saturated carbocycles. The van der Waals surface area contributed by atoms with E-state index in [1.807, 2.05) is 0 Å². The Morgan fingerprint density at radius 2 is 2.12 bits per heavy atom. The van der Waals surface area contributed by atoms with Crippen LogP contribution in [0.15, 0.2) is 41.5 Å². The highest BCUT2D eigenvalue weighted by molar-refractivity contribution is 5.90. The van der Waals surface area contributed by atoms with Gasteiger partial charge in [-0.1, -0.05) is 0 Å². The van der Waals surface area contributed by atoms with E-state index in [0.717, 1.165) is 4.57 Å². The number of rotatable bonds is 5. The number of alkyl halides is 1. The summed E-state index contributed by atoms with van der Waals surface area (Å²) in [5.74, 6) is -0.416. The Balaban J connectivity index is 1.65. The molecule has 0 radical (unpaired) electrons. The molecule has 1 unspecified atom stereocenters. The van der Waals surface area contributed by atoms with E-state index in [9.17, 15) is 18.4 Å². The van der Waals surface area contributed by atoms with Crippen LogP contribution in [0.5, 0.6) is 0 Å². The van der Waals surface area contributed by atoms with Gasteiger partial charge in [-0.3, -0.25) is 14.2 Å². The molecular formula is C17H18F2N4O3. The van der Waals surface area contributed by atoms with Crippen molar-refractivity contribution in [1.82, 2.24) is 9.55 Å². The normalized spacial score (nSPS) is 17.2. The molecule has 7 nitrogen and oxygen atoms in total. The van der Waals surface area contributed by atoms with Crippen molar-refractivity contribution >= 4 is 17.4 Å². The summed E-state index contributed by atoms with van der Waals surface area (Å²) in [7, 11) is 0. The average molecular weight is 364 g/mol. The van der Waals surface area contributed by atoms with E-state index in [0.29, 0.717) is 31.2 Å². The summed E-state index contributed by atoms with van der Waals surface area (Å²) in [5.41, 5.74) is 0.0344. The summed E-state index contributed by atoms with van der Waals surface area (Å²) < 4.78 is 32.0. The minimum absolute atomic E-state index is 0.223. The number of hydrogen-bond acceptors (Lipinski definition) is 5. The van der Waals surface area contributed by atoms with Crippen LogP contribution in [0.25, 0.3) is 0 Å². The molecule has 1 N–H and O–H groups in total. The number of morpholine rings is 1. The Labute approximate surface area is 148 Å². The van der Waals surface area contributed by atoms with E-state index < -0.39 is 30.1 Å². The zero-order valence-corrected chi connectivity index (χ0v) is 13.9. The number of nitrogens with one attached hydrogen (secondary N) is 1. The van der Waals surface area contributed by atoms with Crippen molar-refractivity contribution in [1.29, 1.82) is 0 Å². The summed E-state index contributed by atoms with van der Waals surface area (Å²) in [6.45, 7) is 0.367. The van der Waals surface area contributed by atoms with E-state index in [2.05, 4.69) is 10.3 Å². The summed E-state index contributed by atoms with van der Waals surface area (Å²) in [6.07, 6.45) is 0.747. The topological polar surface area (TPSA) is 76.5 Å². The second-order valence-corrected chi connectivity index (χ2v) is 5.86. The number of anilines is 2. The van der Waals surface area contributed by atoms with Gasteiger partial charge in [-0.15, -0.1) is 0 Å². The van der Waals surface area contributed by atoms with Crippen LogP contribution in [-0.2, 0) is 16.1 Å². The van der Waals surface area contributed by atoms with Crippen molar-refractivity contribution in [3.8, 4) is 0 Å². The molecule has 1 atom stereocenters. The summed E-state index contributed by atoms with van der Waals surface area (Å²) in [4.78, 5) is 30.2. The molecule has 2 aromatic rings. The molecule has 1 fully saturated rings. The molecule has 1 aromatic heterocycles. The summed E-state index contributed by atoms with van der Waals surface area (Å²) >= 11 is 0. The number of hydrogen-bond donors (Lipinski definition) is 1. The molecule has 26 heavy (non-hydrogen) atoms. The SMILES string of the molecule is O=C(Cn1cnc(N2CCOC(CF)C2)cc1=O)Nc1ccc(F)cc1. The fourth-order valence-corrected chi connectivity index (χ4v) is 2.62. The molecule has 0 aliphatic carbocycles. The van der Waals surface area contributed by atoms with Gasteiger partial charge in [0.2, 0.25) is 5.91 Å². The Morgan fingerprint density at radius 3 is 2.81 bits per heavy atom. The number of carbonyl (C=O) groups is 1. The average Bonchev–Trinajstić information content (AvgIpc) is 2.65. The molecule has 138 valence electrons. The number of halogens is 2. The van der Waals surface area contributed by atoms with Crippen LogP contribution >= 0.6 is 0 Å². The molecule has 1 aliphatic rings. The van der Waals surface area contributed by atoms with Crippen LogP contribution in [0.2, 0.25) is 0 Å². The van der Waals surface area contributed by atoms with Gasteiger partial charge in [0.25, 0.3) is 5.56 Å². The van der Waals surface area contributed by atoms with E-state index >= 15 is 0 Å². The monoisotopic (exact) mass is 364 g/mol. The van der Waals surface area contributed by atoms with Gasteiger partial charge < -0.3 is 15.0 Å². The molecule has 0 spiro atoms. The van der Waals surface area contributed by atoms with Gasteiger partial charge in [0, 0.05) is 24.8 Å². The first-order valence-electron chi connectivity index (χ1n) is 8.09. The third-order valence-electron chi connectivity index (χ3n) is 3.94. The fraction of sp³-hybridized carbons (Fsp3) is 0.353. The molecule has 2 heterocycles. The quantitative estimate of drug-likeness (QED) is 0.863. The van der Waals surface area contributed by atoms with Crippen LogP contribution in [0, 0.1) is 5.82 Å². The van der Waals surface area contributed by atoms with Gasteiger partial charge in [-0.05, 0) is 24.3 Å². The Morgan fingerprint density at radius 1 is 1.35 bits per heavy atom. The lowest BCUT2D eigenvalue weighted by atomic mass is 10.3. The zero-order valence-electron chi connectivity index (χ0n) is 13.9. The second kappa shape index (κ2) is 8.05. The van der Waals surface area contributed by atoms with Crippen molar-refractivity contribution in [2.75, 3.05) is 36.6 Å². The van der Waals surface area contributed by atoms with Crippen LogP contribution in [0.4, 0.5) is 20.3 Å². The third kappa shape index (κ3) is 4.42. The molecular weight excluding hydrogens is 346 g/mol. The molecule has 1 aliphatic heterocycles. The Kier molecular flexibility index (Phi) is 5.57. The van der Waals surface area contributed by atoms with Gasteiger partial charge in [0.1, 0.15) is 37.3 Å². The number of ether oxygens (including phenoxy) is 1. The summed E-state index contributed by atoms with van der Waals surface area (Å²) in [5, 5.41) is 2.57. The van der Waals surface area contributed by atoms with E-state index in [1.54, 1.807) is 4.90 Å². The predicted octanol–water partition coefficient (Wildman–Crippen LogP) is 1.20. The molecule has 9 heteroatoms. The Hall–Kier alpha value is -2.81. The minimum Gasteiger partial charge on any atom is -0.372 e. The molecule has 1 amide bonds. The zero-order chi connectivity index (χ0) is 18.5. The van der Waals surface area contributed by atoms with Gasteiger partial charge in [-0.25, -0.2) is 13.8 Å². The third-order valence-corrected chi connectivity index (χ3v) is 3.94. The Bertz CT molecular complexity index is 826. The predicted molar refractivity (Wildman–Crippen MR) is 91.5 cm³/mol. The van der Waals surface area contributed by atoms with Crippen molar-refractivity contribution in [2.45, 2.75) is 12.6 Å². The smallest absolute Gasteiger partial charge is 0.255 e. The highest BCUT2D eigenvalue weighted by Gasteiger charge is 2.21. The van der Waals surface area contributed by atoms with Crippen LogP contribution in [0.1, 0.15) is 0 Å². The number of nitrogens with zero attached hydrogens (tertiary/aromatic N) is 3. The standard InChI is InChI=1S/C17H18F2N4O3/c18-8-14-9-22(5-6-26-14)15-7-17(25)23(11-20-15)10-16(24)21-13-3-1-12(19)2-4-13/h1-4,7,11,14H,5-6,8-10H2,(H,21,24). The number of aromatic nitrogens is 2. The molecule has 3 rings (SSSR count). The van der Waals surface area contributed by atoms with Gasteiger partial charge in [0.15, 0.2) is 0 Å². The lowest BCUT2D eigenvalue weighted by molar-refractivity contribution is -0.116. The van der Waals surface area contributed by atoms with Gasteiger partial charge in [0.05, 0.1) is 6.61 Å². The highest BCUT2D eigenvalue weighted by Crippen LogP contribution is 2.13. The minimum atomic E-state index is -0.600. The fourth-order valence-electron chi connectivity index (χ4n) is 2.62. The molecule has 1 aromatic carbocycles. The van der Waals surface area contributed by atoms with E-state index in [-0.39, 0.29) is 6.54 Å². The maximum absolute atomic E-state index is 12.9. The van der Waals surface area contributed by atoms with E-state index in [4.69, 9.17) is 4.74 Å². The number of benzene rings is 1. The number of carbonyl (C=O) groups excluding carboxylic acids is 1. The molecule has 1 saturated heterocycles. The molecule has 0 bridgehead atoms. The number of amides is 1. The first-order chi connectivity index (χ1) is 12.5. The van der Waals surface area contributed by atoms with Gasteiger partial charge in [-0.2, -0.15) is 0 Å². The van der Waals surface area contributed by atoms with Crippen molar-refractivity contribution in [3.63, 3.8) is 0 Å².